The Morgan fingerprint density at radius 1 is 0.923 bits per heavy atom. The van der Waals surface area contributed by atoms with Crippen LogP contribution < -0.4 is 10.2 Å². The van der Waals surface area contributed by atoms with E-state index in [1.54, 1.807) is 18.3 Å². The Labute approximate surface area is 236 Å². The highest BCUT2D eigenvalue weighted by molar-refractivity contribution is 5.85. The average Bonchev–Trinajstić information content (AvgIpc) is 2.93. The Hall–Kier alpha value is -3.47. The van der Waals surface area contributed by atoms with Crippen molar-refractivity contribution in [3.8, 4) is 22.5 Å². The smallest absolute Gasteiger partial charge is 0.378 e. The predicted octanol–water partition coefficient (Wildman–Crippen LogP) is 6.47. The molecule has 7 nitrogen and oxygen atoms in total. The second-order valence-corrected chi connectivity index (χ2v) is 8.68. The number of hydrogen-bond donors (Lipinski definition) is 1. The van der Waals surface area contributed by atoms with Gasteiger partial charge < -0.3 is 15.0 Å². The molecule has 1 aliphatic heterocycles. The number of nitrogens with one attached hydrogen (secondary N) is 1. The van der Waals surface area contributed by atoms with E-state index in [2.05, 4.69) is 20.5 Å². The van der Waals surface area contributed by atoms with E-state index < -0.39 is 11.7 Å². The number of aromatic nitrogens is 4. The van der Waals surface area contributed by atoms with Crippen molar-refractivity contribution in [1.82, 2.24) is 20.2 Å². The molecule has 0 radical (unpaired) electrons. The number of alkyl halides is 3. The normalized spacial score (nSPS) is 14.1. The van der Waals surface area contributed by atoms with Crippen LogP contribution in [0.25, 0.3) is 22.5 Å². The van der Waals surface area contributed by atoms with Crippen molar-refractivity contribution in [3.05, 3.63) is 84.1 Å². The summed E-state index contributed by atoms with van der Waals surface area (Å²) in [4.78, 5) is 11.1. The van der Waals surface area contributed by atoms with Gasteiger partial charge in [-0.1, -0.05) is 42.5 Å². The van der Waals surface area contributed by atoms with E-state index in [1.165, 1.54) is 6.07 Å². The van der Waals surface area contributed by atoms with E-state index >= 15 is 0 Å². The third kappa shape index (κ3) is 7.14. The number of hydrogen-bond acceptors (Lipinski definition) is 7. The lowest BCUT2D eigenvalue weighted by molar-refractivity contribution is -0.137. The molecule has 39 heavy (non-hydrogen) atoms. The maximum absolute atomic E-state index is 13.4. The average molecular weight is 579 g/mol. The first-order chi connectivity index (χ1) is 17.9. The zero-order chi connectivity index (χ0) is 25.8. The van der Waals surface area contributed by atoms with Crippen LogP contribution in [0.4, 0.5) is 24.9 Å². The number of rotatable bonds is 6. The molecule has 1 atom stereocenters. The standard InChI is InChI=1S/C27H25F3N6O.2ClH/c1-18(19-6-3-2-4-7-19)32-26-31-11-10-23(33-26)22-17-24(36-12-14-37-15-13-36)34-35-25(22)20-8-5-9-21(16-20)27(28,29)30;;/h2-11,16-18H,12-15H2,1H3,(H,31,32,33);2*1H/t18-;;/m0../s1. The second-order valence-electron chi connectivity index (χ2n) is 8.68. The van der Waals surface area contributed by atoms with E-state index in [0.717, 1.165) is 17.7 Å². The van der Waals surface area contributed by atoms with Crippen LogP contribution in [0.2, 0.25) is 0 Å². The van der Waals surface area contributed by atoms with E-state index in [-0.39, 0.29) is 30.9 Å². The third-order valence-electron chi connectivity index (χ3n) is 6.16. The van der Waals surface area contributed by atoms with Gasteiger partial charge in [-0.05, 0) is 36.8 Å². The molecule has 0 aliphatic carbocycles. The first-order valence-electron chi connectivity index (χ1n) is 11.9. The number of benzene rings is 2. The van der Waals surface area contributed by atoms with Crippen LogP contribution in [0.5, 0.6) is 0 Å². The fraction of sp³-hybridized carbons (Fsp3) is 0.259. The molecule has 0 unspecified atom stereocenters. The van der Waals surface area contributed by atoms with Crippen LogP contribution in [-0.4, -0.2) is 46.5 Å². The van der Waals surface area contributed by atoms with Gasteiger partial charge in [-0.15, -0.1) is 35.0 Å². The first-order valence-corrected chi connectivity index (χ1v) is 11.9. The molecule has 0 spiro atoms. The van der Waals surface area contributed by atoms with Crippen molar-refractivity contribution < 1.29 is 17.9 Å². The summed E-state index contributed by atoms with van der Waals surface area (Å²) in [6, 6.07) is 18.5. The van der Waals surface area contributed by atoms with Gasteiger partial charge in [0.25, 0.3) is 0 Å². The Kier molecular flexibility index (Phi) is 10.1. The molecule has 1 N–H and O–H groups in total. The topological polar surface area (TPSA) is 76.1 Å². The number of halogens is 5. The van der Waals surface area contributed by atoms with Crippen LogP contribution in [0.15, 0.2) is 72.9 Å². The zero-order valence-electron chi connectivity index (χ0n) is 20.9. The lowest BCUT2D eigenvalue weighted by atomic mass is 10.0. The monoisotopic (exact) mass is 578 g/mol. The third-order valence-corrected chi connectivity index (χ3v) is 6.16. The maximum atomic E-state index is 13.4. The van der Waals surface area contributed by atoms with Crippen molar-refractivity contribution in [2.24, 2.45) is 0 Å². The highest BCUT2D eigenvalue weighted by Gasteiger charge is 2.31. The summed E-state index contributed by atoms with van der Waals surface area (Å²) in [5.74, 6) is 1.01. The molecular weight excluding hydrogens is 552 g/mol. The first kappa shape index (κ1) is 30.1. The summed E-state index contributed by atoms with van der Waals surface area (Å²) < 4.78 is 45.8. The molecule has 206 valence electrons. The molecule has 12 heteroatoms. The predicted molar refractivity (Wildman–Crippen MR) is 150 cm³/mol. The van der Waals surface area contributed by atoms with Gasteiger partial charge in [0.2, 0.25) is 5.95 Å². The molecule has 5 rings (SSSR count). The van der Waals surface area contributed by atoms with E-state index in [1.807, 2.05) is 48.2 Å². The van der Waals surface area contributed by atoms with Crippen LogP contribution in [0, 0.1) is 0 Å². The summed E-state index contributed by atoms with van der Waals surface area (Å²) >= 11 is 0. The summed E-state index contributed by atoms with van der Waals surface area (Å²) in [5.41, 5.74) is 2.02. The minimum absolute atomic E-state index is 0. The summed E-state index contributed by atoms with van der Waals surface area (Å²) in [7, 11) is 0. The molecule has 0 amide bonds. The van der Waals surface area contributed by atoms with Gasteiger partial charge >= 0.3 is 6.18 Å². The Balaban J connectivity index is 0.00000210. The lowest BCUT2D eigenvalue weighted by Crippen LogP contribution is -2.36. The highest BCUT2D eigenvalue weighted by atomic mass is 35.5. The van der Waals surface area contributed by atoms with Gasteiger partial charge in [0, 0.05) is 30.4 Å². The molecule has 4 aromatic rings. The molecule has 0 saturated carbocycles. The lowest BCUT2D eigenvalue weighted by Gasteiger charge is -2.28. The number of nitrogens with zero attached hydrogens (tertiary/aromatic N) is 5. The quantitative estimate of drug-likeness (QED) is 0.281. The van der Waals surface area contributed by atoms with Crippen LogP contribution in [-0.2, 0) is 10.9 Å². The van der Waals surface area contributed by atoms with Crippen LogP contribution >= 0.6 is 24.8 Å². The van der Waals surface area contributed by atoms with E-state index in [9.17, 15) is 13.2 Å². The molecular formula is C27H27Cl2F3N6O. The summed E-state index contributed by atoms with van der Waals surface area (Å²) in [5, 5.41) is 12.0. The number of anilines is 2. The van der Waals surface area contributed by atoms with Crippen molar-refractivity contribution in [2.75, 3.05) is 36.5 Å². The highest BCUT2D eigenvalue weighted by Crippen LogP contribution is 2.36. The Morgan fingerprint density at radius 2 is 1.67 bits per heavy atom. The Morgan fingerprint density at radius 3 is 2.38 bits per heavy atom. The number of morpholine rings is 1. The Bertz CT molecular complexity index is 1370. The van der Waals surface area contributed by atoms with Crippen molar-refractivity contribution in [1.29, 1.82) is 0 Å². The zero-order valence-corrected chi connectivity index (χ0v) is 22.6. The fourth-order valence-electron chi connectivity index (χ4n) is 4.18. The van der Waals surface area contributed by atoms with Crippen molar-refractivity contribution >= 4 is 36.6 Å². The van der Waals surface area contributed by atoms with Gasteiger partial charge in [0.05, 0.1) is 30.5 Å². The minimum atomic E-state index is -4.48. The van der Waals surface area contributed by atoms with Gasteiger partial charge in [-0.3, -0.25) is 0 Å². The molecule has 0 bridgehead atoms. The molecule has 2 aromatic carbocycles. The number of ether oxygens (including phenoxy) is 1. The fourth-order valence-corrected chi connectivity index (χ4v) is 4.18. The van der Waals surface area contributed by atoms with Gasteiger partial charge in [-0.25, -0.2) is 9.97 Å². The second kappa shape index (κ2) is 13.1. The molecule has 1 fully saturated rings. The minimum Gasteiger partial charge on any atom is -0.378 e. The summed E-state index contributed by atoms with van der Waals surface area (Å²) in [6.07, 6.45) is -2.86. The largest absolute Gasteiger partial charge is 0.416 e. The van der Waals surface area contributed by atoms with Crippen LogP contribution in [0.3, 0.4) is 0 Å². The SMILES string of the molecule is C[C@H](Nc1nccc(-c2cc(N3CCOCC3)nnc2-c2cccc(C(F)(F)F)c2)n1)c1ccccc1.Cl.Cl. The van der Waals surface area contributed by atoms with Crippen molar-refractivity contribution in [3.63, 3.8) is 0 Å². The van der Waals surface area contributed by atoms with Crippen LogP contribution in [0.1, 0.15) is 24.1 Å². The summed E-state index contributed by atoms with van der Waals surface area (Å²) in [6.45, 7) is 4.41. The van der Waals surface area contributed by atoms with E-state index in [4.69, 9.17) is 9.72 Å². The van der Waals surface area contributed by atoms with Gasteiger partial charge in [0.15, 0.2) is 5.82 Å². The molecule has 1 saturated heterocycles. The maximum Gasteiger partial charge on any atom is 0.416 e. The molecule has 1 aliphatic rings. The van der Waals surface area contributed by atoms with Gasteiger partial charge in [-0.2, -0.15) is 13.2 Å². The van der Waals surface area contributed by atoms with E-state index in [0.29, 0.717) is 60.6 Å². The molecule has 2 aromatic heterocycles. The van der Waals surface area contributed by atoms with Crippen molar-refractivity contribution in [2.45, 2.75) is 19.1 Å². The molecule has 3 heterocycles. The van der Waals surface area contributed by atoms with Gasteiger partial charge in [0.1, 0.15) is 5.69 Å².